The van der Waals surface area contributed by atoms with Crippen LogP contribution in [-0.2, 0) is 0 Å². The molecule has 52 heavy (non-hydrogen) atoms. The average Bonchev–Trinajstić information content (AvgIpc) is 3.73. The Morgan fingerprint density at radius 2 is 0.750 bits per heavy atom. The highest BCUT2D eigenvalue weighted by Gasteiger charge is 2.20. The Morgan fingerprint density at radius 3 is 1.21 bits per heavy atom. The molecule has 0 amide bonds. The lowest BCUT2D eigenvalue weighted by atomic mass is 9.98. The molecule has 0 saturated heterocycles. The molecular weight excluding hydrogens is 633 g/mol. The largest absolute Gasteiger partial charge is 0.309 e. The molecule has 4 aromatic heterocycles. The zero-order valence-corrected chi connectivity index (χ0v) is 28.0. The van der Waals surface area contributed by atoms with Gasteiger partial charge in [0.1, 0.15) is 0 Å². The van der Waals surface area contributed by atoms with E-state index in [-0.39, 0.29) is 0 Å². The average molecular weight is 661 g/mol. The van der Waals surface area contributed by atoms with Crippen molar-refractivity contribution < 1.29 is 0 Å². The van der Waals surface area contributed by atoms with Gasteiger partial charge in [0.15, 0.2) is 0 Å². The molecular formula is C48H28N4. The summed E-state index contributed by atoms with van der Waals surface area (Å²) in [7, 11) is 0. The van der Waals surface area contributed by atoms with E-state index in [1.807, 2.05) is 36.9 Å². The van der Waals surface area contributed by atoms with Crippen LogP contribution in [-0.4, -0.2) is 19.1 Å². The standard InChI is InChI=1S/C48H28N4/c1-5-29-11-13-33-21-37(35-7-3-19-49-27-35)25-43-47(33)45(29)41(9-1)51(43)39-17-15-32-24-40(18-16-31(32)23-39)52-42-10-2-6-30-12-14-34-22-38(36-8-4-20-50-28-36)26-44(52)48(34)46(30)42/h1-28H. The molecule has 0 saturated carbocycles. The van der Waals surface area contributed by atoms with Gasteiger partial charge in [-0.1, -0.05) is 72.8 Å². The number of benzene rings is 8. The number of aromatic nitrogens is 4. The van der Waals surface area contributed by atoms with Gasteiger partial charge in [-0.25, -0.2) is 0 Å². The molecule has 240 valence electrons. The summed E-state index contributed by atoms with van der Waals surface area (Å²) in [6.07, 6.45) is 7.56. The van der Waals surface area contributed by atoms with Crippen LogP contribution in [0.2, 0.25) is 0 Å². The van der Waals surface area contributed by atoms with Gasteiger partial charge in [0.25, 0.3) is 0 Å². The maximum absolute atomic E-state index is 4.42. The number of rotatable bonds is 4. The molecule has 0 spiro atoms. The Hall–Kier alpha value is -7.04. The van der Waals surface area contributed by atoms with Gasteiger partial charge in [0, 0.05) is 68.8 Å². The van der Waals surface area contributed by atoms with E-state index in [4.69, 9.17) is 0 Å². The zero-order valence-electron chi connectivity index (χ0n) is 28.0. The highest BCUT2D eigenvalue weighted by atomic mass is 15.0. The van der Waals surface area contributed by atoms with Gasteiger partial charge in [-0.05, 0) is 116 Å². The number of pyridine rings is 2. The van der Waals surface area contributed by atoms with Crippen LogP contribution in [0.3, 0.4) is 0 Å². The van der Waals surface area contributed by atoms with Gasteiger partial charge >= 0.3 is 0 Å². The van der Waals surface area contributed by atoms with Crippen molar-refractivity contribution in [2.75, 3.05) is 0 Å². The van der Waals surface area contributed by atoms with E-state index in [9.17, 15) is 0 Å². The van der Waals surface area contributed by atoms with Crippen molar-refractivity contribution in [2.45, 2.75) is 0 Å². The fraction of sp³-hybridized carbons (Fsp3) is 0. The molecule has 0 unspecified atom stereocenters. The SMILES string of the molecule is c1cncc(-c2cc3ccc4cccc5c4c3c(c2)n5-c2ccc3cc(-n4c5cccc6ccc7cc(-c8cccnc8)cc4c7c65)ccc3c2)c1. The third-order valence-electron chi connectivity index (χ3n) is 11.1. The first-order valence-corrected chi connectivity index (χ1v) is 17.7. The highest BCUT2D eigenvalue weighted by Crippen LogP contribution is 2.43. The first-order valence-electron chi connectivity index (χ1n) is 17.7. The molecule has 0 N–H and O–H groups in total. The van der Waals surface area contributed by atoms with Gasteiger partial charge in [0.2, 0.25) is 0 Å². The lowest BCUT2D eigenvalue weighted by molar-refractivity contribution is 1.18. The summed E-state index contributed by atoms with van der Waals surface area (Å²) in [6, 6.07) is 53.7. The lowest BCUT2D eigenvalue weighted by Crippen LogP contribution is -1.96. The minimum atomic E-state index is 1.12. The van der Waals surface area contributed by atoms with Gasteiger partial charge in [-0.15, -0.1) is 0 Å². The van der Waals surface area contributed by atoms with Gasteiger partial charge in [-0.2, -0.15) is 0 Å². The Balaban J connectivity index is 1.07. The number of hydrogen-bond acceptors (Lipinski definition) is 2. The Morgan fingerprint density at radius 1 is 0.308 bits per heavy atom. The van der Waals surface area contributed by atoms with E-state index in [1.165, 1.54) is 87.1 Å². The molecule has 4 heteroatoms. The Labute approximate surface area is 298 Å². The van der Waals surface area contributed by atoms with Crippen molar-refractivity contribution in [1.29, 1.82) is 0 Å². The molecule has 0 atom stereocenters. The van der Waals surface area contributed by atoms with Gasteiger partial charge < -0.3 is 9.13 Å². The molecule has 12 aromatic rings. The van der Waals surface area contributed by atoms with Crippen LogP contribution in [0.15, 0.2) is 170 Å². The summed E-state index contributed by atoms with van der Waals surface area (Å²) in [4.78, 5) is 8.84. The molecule has 0 aliphatic carbocycles. The Kier molecular flexibility index (Phi) is 5.47. The molecule has 0 aliphatic rings. The smallest absolute Gasteiger partial charge is 0.0553 e. The highest BCUT2D eigenvalue weighted by molar-refractivity contribution is 6.26. The molecule has 8 aromatic carbocycles. The van der Waals surface area contributed by atoms with Crippen LogP contribution < -0.4 is 0 Å². The summed E-state index contributed by atoms with van der Waals surface area (Å²) in [5.41, 5.74) is 11.7. The summed E-state index contributed by atoms with van der Waals surface area (Å²) in [6.45, 7) is 0. The molecule has 0 radical (unpaired) electrons. The molecule has 4 heterocycles. The maximum atomic E-state index is 4.42. The minimum Gasteiger partial charge on any atom is -0.309 e. The van der Waals surface area contributed by atoms with Crippen LogP contribution in [0.1, 0.15) is 0 Å². The van der Waals surface area contributed by atoms with E-state index in [0.717, 1.165) is 22.5 Å². The fourth-order valence-electron chi connectivity index (χ4n) is 8.84. The summed E-state index contributed by atoms with van der Waals surface area (Å²) >= 11 is 0. The molecule has 4 nitrogen and oxygen atoms in total. The van der Waals surface area contributed by atoms with E-state index < -0.39 is 0 Å². The summed E-state index contributed by atoms with van der Waals surface area (Å²) in [5, 5.41) is 12.6. The molecule has 0 aliphatic heterocycles. The molecule has 0 fully saturated rings. The second-order valence-corrected chi connectivity index (χ2v) is 13.9. The Bertz CT molecular complexity index is 3110. The van der Waals surface area contributed by atoms with E-state index in [1.54, 1.807) is 0 Å². The first kappa shape index (κ1) is 27.7. The number of fused-ring (bicyclic) bond motifs is 1. The normalized spacial score (nSPS) is 12.2. The predicted molar refractivity (Wildman–Crippen MR) is 216 cm³/mol. The second kappa shape index (κ2) is 10.3. The topological polar surface area (TPSA) is 35.6 Å². The lowest BCUT2D eigenvalue weighted by Gasteiger charge is -2.13. The first-order chi connectivity index (χ1) is 25.8. The molecule has 0 bridgehead atoms. The van der Waals surface area contributed by atoms with Crippen molar-refractivity contribution in [1.82, 2.24) is 19.1 Å². The predicted octanol–water partition coefficient (Wildman–Crippen LogP) is 12.3. The van der Waals surface area contributed by atoms with Crippen LogP contribution in [0.5, 0.6) is 0 Å². The van der Waals surface area contributed by atoms with Crippen LogP contribution in [0, 0.1) is 0 Å². The van der Waals surface area contributed by atoms with Crippen molar-refractivity contribution in [3.8, 4) is 33.6 Å². The summed E-state index contributed by atoms with van der Waals surface area (Å²) in [5.74, 6) is 0. The van der Waals surface area contributed by atoms with Crippen molar-refractivity contribution in [2.24, 2.45) is 0 Å². The second-order valence-electron chi connectivity index (χ2n) is 13.9. The van der Waals surface area contributed by atoms with E-state index >= 15 is 0 Å². The zero-order chi connectivity index (χ0) is 33.9. The maximum Gasteiger partial charge on any atom is 0.0553 e. The number of nitrogens with zero attached hydrogens (tertiary/aromatic N) is 4. The van der Waals surface area contributed by atoms with Crippen LogP contribution in [0.4, 0.5) is 0 Å². The van der Waals surface area contributed by atoms with Crippen LogP contribution >= 0.6 is 0 Å². The van der Waals surface area contributed by atoms with Crippen molar-refractivity contribution in [3.05, 3.63) is 170 Å². The van der Waals surface area contributed by atoms with Crippen molar-refractivity contribution in [3.63, 3.8) is 0 Å². The van der Waals surface area contributed by atoms with E-state index in [2.05, 4.69) is 153 Å². The summed E-state index contributed by atoms with van der Waals surface area (Å²) < 4.78 is 4.88. The minimum absolute atomic E-state index is 1.12. The monoisotopic (exact) mass is 660 g/mol. The molecule has 12 rings (SSSR count). The van der Waals surface area contributed by atoms with Gasteiger partial charge in [0.05, 0.1) is 22.1 Å². The fourth-order valence-corrected chi connectivity index (χ4v) is 8.84. The number of hydrogen-bond donors (Lipinski definition) is 0. The van der Waals surface area contributed by atoms with Gasteiger partial charge in [-0.3, -0.25) is 9.97 Å². The third-order valence-corrected chi connectivity index (χ3v) is 11.1. The van der Waals surface area contributed by atoms with E-state index in [0.29, 0.717) is 0 Å². The quantitative estimate of drug-likeness (QED) is 0.176. The third kappa shape index (κ3) is 3.81. The van der Waals surface area contributed by atoms with Crippen LogP contribution in [0.25, 0.3) is 110 Å². The van der Waals surface area contributed by atoms with Crippen molar-refractivity contribution >= 4 is 75.9 Å².